The van der Waals surface area contributed by atoms with Crippen LogP contribution in [0, 0.1) is 0 Å². The van der Waals surface area contributed by atoms with Crippen LogP contribution in [-0.4, -0.2) is 33.5 Å². The molecule has 3 N–H and O–H groups in total. The molecule has 6 heteroatoms. The van der Waals surface area contributed by atoms with Crippen molar-refractivity contribution in [2.75, 3.05) is 11.9 Å². The fourth-order valence-corrected chi connectivity index (χ4v) is 1.82. The van der Waals surface area contributed by atoms with Crippen molar-refractivity contribution in [1.29, 1.82) is 0 Å². The summed E-state index contributed by atoms with van der Waals surface area (Å²) in [6.45, 7) is 5.17. The number of nitrogens with two attached hydrogens (primary N) is 1. The lowest BCUT2D eigenvalue weighted by Gasteiger charge is -2.26. The third kappa shape index (κ3) is 2.64. The molecule has 2 amide bonds. The molecule has 0 aromatic carbocycles. The molecule has 1 aliphatic heterocycles. The zero-order valence-electron chi connectivity index (χ0n) is 10.1. The standard InChI is InChI=1S/C11H17N5O/c1-7(2)14-11-13-5-8-3-4-16(10(12)17)6-9(8)15-11/h5,7H,3-4,6H2,1-2H3,(H2,12,17)(H,13,14,15). The number of rotatable bonds is 2. The quantitative estimate of drug-likeness (QED) is 0.791. The van der Waals surface area contributed by atoms with Gasteiger partial charge in [0, 0.05) is 18.8 Å². The summed E-state index contributed by atoms with van der Waals surface area (Å²) in [6.07, 6.45) is 2.59. The smallest absolute Gasteiger partial charge is 0.315 e. The Morgan fingerprint density at radius 3 is 3.00 bits per heavy atom. The molecule has 0 fully saturated rings. The van der Waals surface area contributed by atoms with Crippen LogP contribution in [-0.2, 0) is 13.0 Å². The minimum Gasteiger partial charge on any atom is -0.352 e. The van der Waals surface area contributed by atoms with E-state index in [-0.39, 0.29) is 6.04 Å². The van der Waals surface area contributed by atoms with Crippen molar-refractivity contribution >= 4 is 12.0 Å². The molecule has 1 aromatic heterocycles. The molecular formula is C11H17N5O. The van der Waals surface area contributed by atoms with Crippen molar-refractivity contribution in [1.82, 2.24) is 14.9 Å². The Labute approximate surface area is 100 Å². The van der Waals surface area contributed by atoms with Crippen LogP contribution in [0.4, 0.5) is 10.7 Å². The average Bonchev–Trinajstić information content (AvgIpc) is 2.27. The zero-order valence-corrected chi connectivity index (χ0v) is 10.1. The van der Waals surface area contributed by atoms with Crippen LogP contribution in [0.5, 0.6) is 0 Å². The van der Waals surface area contributed by atoms with Crippen molar-refractivity contribution in [3.63, 3.8) is 0 Å². The lowest BCUT2D eigenvalue weighted by molar-refractivity contribution is 0.201. The summed E-state index contributed by atoms with van der Waals surface area (Å²) >= 11 is 0. The maximum atomic E-state index is 11.1. The highest BCUT2D eigenvalue weighted by molar-refractivity contribution is 5.72. The molecule has 2 heterocycles. The Morgan fingerprint density at radius 2 is 2.35 bits per heavy atom. The number of hydrogen-bond acceptors (Lipinski definition) is 4. The Balaban J connectivity index is 2.19. The summed E-state index contributed by atoms with van der Waals surface area (Å²) in [5.74, 6) is 0.602. The molecule has 0 bridgehead atoms. The molecule has 0 radical (unpaired) electrons. The van der Waals surface area contributed by atoms with Crippen molar-refractivity contribution in [2.45, 2.75) is 32.9 Å². The van der Waals surface area contributed by atoms with Crippen molar-refractivity contribution in [3.8, 4) is 0 Å². The molecule has 17 heavy (non-hydrogen) atoms. The minimum absolute atomic E-state index is 0.281. The third-order valence-electron chi connectivity index (χ3n) is 2.68. The van der Waals surface area contributed by atoms with Crippen LogP contribution in [0.3, 0.4) is 0 Å². The fraction of sp³-hybridized carbons (Fsp3) is 0.545. The monoisotopic (exact) mass is 235 g/mol. The molecule has 1 aliphatic rings. The number of hydrogen-bond donors (Lipinski definition) is 2. The average molecular weight is 235 g/mol. The SMILES string of the molecule is CC(C)Nc1ncc2c(n1)CN(C(N)=O)CC2. The number of carbonyl (C=O) groups excluding carboxylic acids is 1. The lowest BCUT2D eigenvalue weighted by atomic mass is 10.1. The van der Waals surface area contributed by atoms with Gasteiger partial charge in [0.1, 0.15) is 0 Å². The summed E-state index contributed by atoms with van der Waals surface area (Å²) in [7, 11) is 0. The van der Waals surface area contributed by atoms with Crippen LogP contribution in [0.1, 0.15) is 25.1 Å². The van der Waals surface area contributed by atoms with E-state index in [9.17, 15) is 4.79 Å². The second-order valence-corrected chi connectivity index (χ2v) is 4.47. The van der Waals surface area contributed by atoms with Gasteiger partial charge in [0.25, 0.3) is 0 Å². The van der Waals surface area contributed by atoms with Gasteiger partial charge in [-0.05, 0) is 25.8 Å². The number of nitrogens with zero attached hydrogens (tertiary/aromatic N) is 3. The van der Waals surface area contributed by atoms with Gasteiger partial charge in [0.2, 0.25) is 5.95 Å². The first-order valence-corrected chi connectivity index (χ1v) is 5.72. The first-order valence-electron chi connectivity index (χ1n) is 5.72. The Hall–Kier alpha value is -1.85. The van der Waals surface area contributed by atoms with E-state index in [4.69, 9.17) is 5.73 Å². The summed E-state index contributed by atoms with van der Waals surface area (Å²) in [6, 6.07) is -0.114. The number of carbonyl (C=O) groups is 1. The molecule has 0 saturated carbocycles. The van der Waals surface area contributed by atoms with Gasteiger partial charge in [0.15, 0.2) is 0 Å². The number of primary amides is 1. The second-order valence-electron chi connectivity index (χ2n) is 4.47. The number of amides is 2. The molecule has 0 spiro atoms. The number of anilines is 1. The number of urea groups is 1. The summed E-state index contributed by atoms with van der Waals surface area (Å²) in [5, 5.41) is 3.14. The van der Waals surface area contributed by atoms with Gasteiger partial charge in [-0.25, -0.2) is 14.8 Å². The summed E-state index contributed by atoms with van der Waals surface area (Å²) < 4.78 is 0. The molecule has 2 rings (SSSR count). The maximum Gasteiger partial charge on any atom is 0.315 e. The van der Waals surface area contributed by atoms with Gasteiger partial charge in [0.05, 0.1) is 12.2 Å². The van der Waals surface area contributed by atoms with Gasteiger partial charge in [-0.2, -0.15) is 0 Å². The van der Waals surface area contributed by atoms with E-state index in [1.807, 2.05) is 20.0 Å². The molecule has 1 aromatic rings. The van der Waals surface area contributed by atoms with Gasteiger partial charge in [-0.15, -0.1) is 0 Å². The maximum absolute atomic E-state index is 11.1. The Kier molecular flexibility index (Phi) is 3.12. The number of nitrogens with one attached hydrogen (secondary N) is 1. The van der Waals surface area contributed by atoms with Crippen LogP contribution >= 0.6 is 0 Å². The molecule has 6 nitrogen and oxygen atoms in total. The normalized spacial score (nSPS) is 14.6. The predicted octanol–water partition coefficient (Wildman–Crippen LogP) is 0.734. The van der Waals surface area contributed by atoms with Crippen molar-refractivity contribution < 1.29 is 4.79 Å². The van der Waals surface area contributed by atoms with E-state index in [0.29, 0.717) is 19.0 Å². The highest BCUT2D eigenvalue weighted by Gasteiger charge is 2.20. The largest absolute Gasteiger partial charge is 0.352 e. The zero-order chi connectivity index (χ0) is 12.4. The summed E-state index contributed by atoms with van der Waals surface area (Å²) in [5.41, 5.74) is 7.25. The van der Waals surface area contributed by atoms with Crippen molar-refractivity contribution in [2.24, 2.45) is 5.73 Å². The van der Waals surface area contributed by atoms with Crippen molar-refractivity contribution in [3.05, 3.63) is 17.5 Å². The molecule has 0 unspecified atom stereocenters. The molecule has 92 valence electrons. The Bertz CT molecular complexity index is 432. The fourth-order valence-electron chi connectivity index (χ4n) is 1.82. The van der Waals surface area contributed by atoms with Crippen LogP contribution in [0.25, 0.3) is 0 Å². The predicted molar refractivity (Wildman–Crippen MR) is 64.5 cm³/mol. The third-order valence-corrected chi connectivity index (χ3v) is 2.68. The first-order chi connectivity index (χ1) is 8.06. The summed E-state index contributed by atoms with van der Waals surface area (Å²) in [4.78, 5) is 21.4. The Morgan fingerprint density at radius 1 is 1.59 bits per heavy atom. The van der Waals surface area contributed by atoms with E-state index in [0.717, 1.165) is 17.7 Å². The highest BCUT2D eigenvalue weighted by Crippen LogP contribution is 2.17. The van der Waals surface area contributed by atoms with Gasteiger partial charge < -0.3 is 16.0 Å². The number of fused-ring (bicyclic) bond motifs is 1. The minimum atomic E-state index is -0.396. The highest BCUT2D eigenvalue weighted by atomic mass is 16.2. The van der Waals surface area contributed by atoms with E-state index in [2.05, 4.69) is 15.3 Å². The van der Waals surface area contributed by atoms with E-state index in [1.165, 1.54) is 0 Å². The van der Waals surface area contributed by atoms with Crippen LogP contribution in [0.2, 0.25) is 0 Å². The van der Waals surface area contributed by atoms with Crippen LogP contribution < -0.4 is 11.1 Å². The van der Waals surface area contributed by atoms with E-state index in [1.54, 1.807) is 4.90 Å². The van der Waals surface area contributed by atoms with Gasteiger partial charge in [-0.1, -0.05) is 0 Å². The second kappa shape index (κ2) is 4.57. The molecule has 0 atom stereocenters. The first kappa shape index (κ1) is 11.6. The molecular weight excluding hydrogens is 218 g/mol. The molecule has 0 aliphatic carbocycles. The number of aromatic nitrogens is 2. The molecule has 0 saturated heterocycles. The van der Waals surface area contributed by atoms with Crippen LogP contribution in [0.15, 0.2) is 6.20 Å². The lowest BCUT2D eigenvalue weighted by Crippen LogP contribution is -2.40. The van der Waals surface area contributed by atoms with Gasteiger partial charge in [-0.3, -0.25) is 0 Å². The van der Waals surface area contributed by atoms with E-state index >= 15 is 0 Å². The van der Waals surface area contributed by atoms with Gasteiger partial charge >= 0.3 is 6.03 Å². The topological polar surface area (TPSA) is 84.1 Å². The van der Waals surface area contributed by atoms with E-state index < -0.39 is 6.03 Å².